The minimum Gasteiger partial charge on any atom is -0.493 e. The molecule has 0 aliphatic carbocycles. The van der Waals surface area contributed by atoms with Crippen molar-refractivity contribution >= 4 is 29.7 Å². The molecule has 11 heteroatoms. The van der Waals surface area contributed by atoms with Gasteiger partial charge in [0.1, 0.15) is 0 Å². The van der Waals surface area contributed by atoms with E-state index < -0.39 is 11.9 Å². The largest absolute Gasteiger partial charge is 0.493 e. The van der Waals surface area contributed by atoms with Crippen molar-refractivity contribution in [3.8, 4) is 28.7 Å². The Kier molecular flexibility index (Phi) is 10.7. The first kappa shape index (κ1) is 32.1. The Bertz CT molecular complexity index is 1690. The van der Waals surface area contributed by atoms with Crippen molar-refractivity contribution in [2.24, 2.45) is 5.10 Å². The lowest BCUT2D eigenvalue weighted by molar-refractivity contribution is 0.0727. The highest BCUT2D eigenvalue weighted by molar-refractivity contribution is 6.09. The van der Waals surface area contributed by atoms with Crippen LogP contribution in [0.5, 0.6) is 28.7 Å². The van der Waals surface area contributed by atoms with Gasteiger partial charge in [-0.3, -0.25) is 9.59 Å². The molecule has 0 saturated heterocycles. The van der Waals surface area contributed by atoms with Gasteiger partial charge in [0.2, 0.25) is 5.75 Å². The third kappa shape index (κ3) is 7.96. The van der Waals surface area contributed by atoms with Crippen molar-refractivity contribution in [3.63, 3.8) is 0 Å². The molecule has 4 rings (SSSR count). The van der Waals surface area contributed by atoms with Gasteiger partial charge in [0.05, 0.1) is 51.0 Å². The molecule has 0 unspecified atom stereocenters. The van der Waals surface area contributed by atoms with Crippen LogP contribution in [0.1, 0.15) is 49.1 Å². The summed E-state index contributed by atoms with van der Waals surface area (Å²) in [5, 5.41) is 6.84. The molecule has 4 aromatic carbocycles. The number of hydrogen-bond donors (Lipinski definition) is 2. The molecule has 0 fully saturated rings. The lowest BCUT2D eigenvalue weighted by Gasteiger charge is -2.15. The molecule has 2 N–H and O–H groups in total. The zero-order chi connectivity index (χ0) is 32.3. The number of hydrogen-bond acceptors (Lipinski definition) is 9. The predicted octanol–water partition coefficient (Wildman–Crippen LogP) is 5.65. The molecule has 0 aliphatic rings. The van der Waals surface area contributed by atoms with E-state index in [0.29, 0.717) is 40.7 Å². The summed E-state index contributed by atoms with van der Waals surface area (Å²) in [5.41, 5.74) is 5.29. The molecule has 0 saturated carbocycles. The molecule has 0 atom stereocenters. The number of rotatable bonds is 12. The Morgan fingerprint density at radius 1 is 0.756 bits per heavy atom. The van der Waals surface area contributed by atoms with Crippen LogP contribution in [-0.4, -0.2) is 51.9 Å². The van der Waals surface area contributed by atoms with Crippen LogP contribution in [0.2, 0.25) is 0 Å². The normalized spacial score (nSPS) is 10.6. The second-order valence-corrected chi connectivity index (χ2v) is 9.51. The number of hydrazone groups is 1. The van der Waals surface area contributed by atoms with Gasteiger partial charge in [-0.1, -0.05) is 29.8 Å². The van der Waals surface area contributed by atoms with E-state index in [2.05, 4.69) is 15.8 Å². The SMILES string of the molecule is CCOc1cc(/C=N\NC(=O)c2ccccc2NC(=O)c2ccc(C)cc2)ccc1OC(=O)c1cc(OC)c(OC)c(OC)c1. The van der Waals surface area contributed by atoms with E-state index in [1.807, 2.05) is 19.1 Å². The van der Waals surface area contributed by atoms with E-state index in [1.165, 1.54) is 39.7 Å². The van der Waals surface area contributed by atoms with Crippen LogP contribution < -0.4 is 34.4 Å². The Morgan fingerprint density at radius 3 is 2.09 bits per heavy atom. The lowest BCUT2D eigenvalue weighted by Crippen LogP contribution is -2.21. The fourth-order valence-corrected chi connectivity index (χ4v) is 4.23. The van der Waals surface area contributed by atoms with Gasteiger partial charge in [0.25, 0.3) is 11.8 Å². The molecule has 0 aromatic heterocycles. The van der Waals surface area contributed by atoms with Crippen molar-refractivity contribution < 1.29 is 38.1 Å². The molecule has 4 aromatic rings. The van der Waals surface area contributed by atoms with Crippen molar-refractivity contribution in [2.45, 2.75) is 13.8 Å². The van der Waals surface area contributed by atoms with E-state index in [4.69, 9.17) is 23.7 Å². The zero-order valence-corrected chi connectivity index (χ0v) is 25.5. The molecule has 232 valence electrons. The molecule has 0 aliphatic heterocycles. The van der Waals surface area contributed by atoms with Gasteiger partial charge < -0.3 is 29.0 Å². The standard InChI is InChI=1S/C34H33N3O8/c1-6-44-28-17-22(13-16-27(28)45-34(40)24-18-29(41-3)31(43-5)30(19-24)42-4)20-35-37-33(39)25-9-7-8-10-26(25)36-32(38)23-14-11-21(2)12-15-23/h7-20H,6H2,1-5H3,(H,36,38)(H,37,39)/b35-20-. The number of nitrogens with one attached hydrogen (secondary N) is 2. The van der Waals surface area contributed by atoms with Gasteiger partial charge in [-0.25, -0.2) is 10.2 Å². The Hall–Kier alpha value is -5.84. The third-order valence-electron chi connectivity index (χ3n) is 6.48. The number of anilines is 1. The quantitative estimate of drug-likeness (QED) is 0.0908. The molecule has 11 nitrogen and oxygen atoms in total. The summed E-state index contributed by atoms with van der Waals surface area (Å²) in [4.78, 5) is 38.7. The number of carbonyl (C=O) groups is 3. The Morgan fingerprint density at radius 2 is 1.44 bits per heavy atom. The molecule has 2 amide bonds. The first-order valence-corrected chi connectivity index (χ1v) is 13.9. The highest BCUT2D eigenvalue weighted by Crippen LogP contribution is 2.39. The molecule has 0 heterocycles. The summed E-state index contributed by atoms with van der Waals surface area (Å²) < 4.78 is 27.3. The minimum absolute atomic E-state index is 0.176. The van der Waals surface area contributed by atoms with Gasteiger partial charge in [-0.15, -0.1) is 0 Å². The van der Waals surface area contributed by atoms with E-state index >= 15 is 0 Å². The van der Waals surface area contributed by atoms with Crippen molar-refractivity contribution in [2.75, 3.05) is 33.3 Å². The average molecular weight is 612 g/mol. The number of para-hydroxylation sites is 1. The van der Waals surface area contributed by atoms with Crippen LogP contribution in [0.25, 0.3) is 0 Å². The van der Waals surface area contributed by atoms with Crippen molar-refractivity contribution in [3.05, 3.63) is 107 Å². The maximum atomic E-state index is 13.0. The van der Waals surface area contributed by atoms with Crippen LogP contribution in [0.4, 0.5) is 5.69 Å². The number of benzene rings is 4. The summed E-state index contributed by atoms with van der Waals surface area (Å²) in [6.07, 6.45) is 1.42. The Labute approximate surface area is 260 Å². The molecule has 45 heavy (non-hydrogen) atoms. The highest BCUT2D eigenvalue weighted by atomic mass is 16.6. The molecule has 0 spiro atoms. The maximum absolute atomic E-state index is 13.0. The number of nitrogens with zero attached hydrogens (tertiary/aromatic N) is 1. The van der Waals surface area contributed by atoms with Gasteiger partial charge in [0, 0.05) is 5.56 Å². The van der Waals surface area contributed by atoms with Crippen LogP contribution in [0.15, 0.2) is 84.0 Å². The van der Waals surface area contributed by atoms with Crippen molar-refractivity contribution in [1.82, 2.24) is 5.43 Å². The molecule has 0 radical (unpaired) electrons. The smallest absolute Gasteiger partial charge is 0.343 e. The monoisotopic (exact) mass is 611 g/mol. The summed E-state index contributed by atoms with van der Waals surface area (Å²) in [6, 6.07) is 21.5. The fourth-order valence-electron chi connectivity index (χ4n) is 4.23. The first-order valence-electron chi connectivity index (χ1n) is 13.9. The summed E-state index contributed by atoms with van der Waals surface area (Å²) in [7, 11) is 4.37. The number of ether oxygens (including phenoxy) is 5. The summed E-state index contributed by atoms with van der Waals surface area (Å²) >= 11 is 0. The van der Waals surface area contributed by atoms with E-state index in [1.54, 1.807) is 61.5 Å². The zero-order valence-electron chi connectivity index (χ0n) is 25.5. The highest BCUT2D eigenvalue weighted by Gasteiger charge is 2.20. The van der Waals surface area contributed by atoms with Crippen molar-refractivity contribution in [1.29, 1.82) is 0 Å². The summed E-state index contributed by atoms with van der Waals surface area (Å²) in [5.74, 6) is -0.111. The van der Waals surface area contributed by atoms with Gasteiger partial charge in [-0.2, -0.15) is 5.10 Å². The first-order chi connectivity index (χ1) is 21.8. The molecule has 0 bridgehead atoms. The number of carbonyl (C=O) groups excluding carboxylic acids is 3. The number of amides is 2. The van der Waals surface area contributed by atoms with Gasteiger partial charge >= 0.3 is 5.97 Å². The Balaban J connectivity index is 1.46. The third-order valence-corrected chi connectivity index (χ3v) is 6.48. The van der Waals surface area contributed by atoms with E-state index in [9.17, 15) is 14.4 Å². The lowest BCUT2D eigenvalue weighted by atomic mass is 10.1. The molecular formula is C34H33N3O8. The number of esters is 1. The summed E-state index contributed by atoms with van der Waals surface area (Å²) in [6.45, 7) is 4.03. The van der Waals surface area contributed by atoms with Crippen LogP contribution in [0, 0.1) is 6.92 Å². The minimum atomic E-state index is -0.669. The van der Waals surface area contributed by atoms with E-state index in [-0.39, 0.29) is 28.5 Å². The van der Waals surface area contributed by atoms with E-state index in [0.717, 1.165) is 5.56 Å². The number of methoxy groups -OCH3 is 3. The maximum Gasteiger partial charge on any atom is 0.343 e. The number of aryl methyl sites for hydroxylation is 1. The predicted molar refractivity (Wildman–Crippen MR) is 169 cm³/mol. The second kappa shape index (κ2) is 15.1. The second-order valence-electron chi connectivity index (χ2n) is 9.51. The van der Waals surface area contributed by atoms with Crippen LogP contribution in [-0.2, 0) is 0 Å². The van der Waals surface area contributed by atoms with Crippen LogP contribution in [0.3, 0.4) is 0 Å². The van der Waals surface area contributed by atoms with Gasteiger partial charge in [0.15, 0.2) is 23.0 Å². The van der Waals surface area contributed by atoms with Crippen LogP contribution >= 0.6 is 0 Å². The fraction of sp³-hybridized carbons (Fsp3) is 0.176. The molecular weight excluding hydrogens is 578 g/mol. The van der Waals surface area contributed by atoms with Gasteiger partial charge in [-0.05, 0) is 74.0 Å². The average Bonchev–Trinajstić information content (AvgIpc) is 3.05. The topological polar surface area (TPSA) is 134 Å².